The second-order valence-electron chi connectivity index (χ2n) is 2.88. The van der Waals surface area contributed by atoms with Crippen molar-refractivity contribution >= 4 is 9.84 Å². The van der Waals surface area contributed by atoms with Crippen LogP contribution in [0.15, 0.2) is 11.5 Å². The van der Waals surface area contributed by atoms with E-state index in [0.29, 0.717) is 6.42 Å². The normalized spacial score (nSPS) is 28.7. The first-order chi connectivity index (χ1) is 3.96. The van der Waals surface area contributed by atoms with Gasteiger partial charge in [0.05, 0.1) is 4.75 Å². The second-order valence-corrected chi connectivity index (χ2v) is 5.35. The molecule has 0 saturated carbocycles. The smallest absolute Gasteiger partial charge is 0.176 e. The molecule has 0 amide bonds. The Hall–Kier alpha value is -0.310. The van der Waals surface area contributed by atoms with Crippen LogP contribution in [0.4, 0.5) is 0 Å². The summed E-state index contributed by atoms with van der Waals surface area (Å²) in [5.74, 6) is 0. The van der Waals surface area contributed by atoms with Crippen LogP contribution in [0.2, 0.25) is 0 Å². The number of rotatable bonds is 0. The molecule has 0 atom stereocenters. The van der Waals surface area contributed by atoms with Gasteiger partial charge in [-0.1, -0.05) is 6.08 Å². The van der Waals surface area contributed by atoms with Gasteiger partial charge in [0.1, 0.15) is 0 Å². The minimum Gasteiger partial charge on any atom is -0.224 e. The summed E-state index contributed by atoms with van der Waals surface area (Å²) < 4.78 is 21.4. The molecule has 0 aromatic heterocycles. The fourth-order valence-electron chi connectivity index (χ4n) is 0.759. The van der Waals surface area contributed by atoms with E-state index in [0.717, 1.165) is 0 Å². The zero-order valence-corrected chi connectivity index (χ0v) is 6.40. The summed E-state index contributed by atoms with van der Waals surface area (Å²) in [5.41, 5.74) is 0. The molecule has 1 aliphatic heterocycles. The van der Waals surface area contributed by atoms with Gasteiger partial charge in [0, 0.05) is 5.41 Å². The van der Waals surface area contributed by atoms with Crippen molar-refractivity contribution < 1.29 is 8.42 Å². The van der Waals surface area contributed by atoms with Gasteiger partial charge in [-0.05, 0) is 20.3 Å². The quantitative estimate of drug-likeness (QED) is 0.512. The molecule has 1 aliphatic rings. The van der Waals surface area contributed by atoms with Gasteiger partial charge in [-0.2, -0.15) is 0 Å². The van der Waals surface area contributed by atoms with Crippen LogP contribution in [0.5, 0.6) is 0 Å². The molecule has 2 nitrogen and oxygen atoms in total. The SMILES string of the molecule is CC1(C)CC=CS1(=O)=O. The van der Waals surface area contributed by atoms with Gasteiger partial charge in [-0.25, -0.2) is 8.42 Å². The van der Waals surface area contributed by atoms with E-state index < -0.39 is 14.6 Å². The molecule has 0 aromatic carbocycles. The Balaban J connectivity index is 3.14. The Morgan fingerprint density at radius 2 is 2.00 bits per heavy atom. The summed E-state index contributed by atoms with van der Waals surface area (Å²) in [6.07, 6.45) is 2.35. The van der Waals surface area contributed by atoms with E-state index in [4.69, 9.17) is 0 Å². The molecule has 1 rings (SSSR count). The summed E-state index contributed by atoms with van der Waals surface area (Å²) in [4.78, 5) is 0. The lowest BCUT2D eigenvalue weighted by Gasteiger charge is -2.14. The molecule has 9 heavy (non-hydrogen) atoms. The molecule has 0 aromatic rings. The van der Waals surface area contributed by atoms with Crippen LogP contribution in [-0.2, 0) is 9.84 Å². The van der Waals surface area contributed by atoms with E-state index in [2.05, 4.69) is 0 Å². The van der Waals surface area contributed by atoms with Gasteiger partial charge in [-0.3, -0.25) is 0 Å². The van der Waals surface area contributed by atoms with Crippen LogP contribution in [0.25, 0.3) is 0 Å². The lowest BCUT2D eigenvalue weighted by Crippen LogP contribution is -2.25. The molecule has 1 heterocycles. The second kappa shape index (κ2) is 1.59. The first-order valence-electron chi connectivity index (χ1n) is 2.87. The fraction of sp³-hybridized carbons (Fsp3) is 0.667. The molecular formula is C6H10O2S. The number of allylic oxidation sites excluding steroid dienone is 1. The number of hydrogen-bond acceptors (Lipinski definition) is 2. The first-order valence-corrected chi connectivity index (χ1v) is 4.41. The van der Waals surface area contributed by atoms with Gasteiger partial charge >= 0.3 is 0 Å². The third kappa shape index (κ3) is 0.894. The van der Waals surface area contributed by atoms with Crippen molar-refractivity contribution in [2.45, 2.75) is 25.0 Å². The molecule has 0 N–H and O–H groups in total. The largest absolute Gasteiger partial charge is 0.224 e. The van der Waals surface area contributed by atoms with Crippen LogP contribution in [-0.4, -0.2) is 13.2 Å². The highest BCUT2D eigenvalue weighted by atomic mass is 32.2. The number of hydrogen-bond donors (Lipinski definition) is 0. The Bertz CT molecular complexity index is 234. The summed E-state index contributed by atoms with van der Waals surface area (Å²) in [6.45, 7) is 3.48. The minimum atomic E-state index is -2.91. The van der Waals surface area contributed by atoms with E-state index in [9.17, 15) is 8.42 Å². The van der Waals surface area contributed by atoms with Crippen LogP contribution < -0.4 is 0 Å². The molecule has 0 spiro atoms. The summed E-state index contributed by atoms with van der Waals surface area (Å²) in [6, 6.07) is 0. The fourth-order valence-corrected chi connectivity index (χ4v) is 1.81. The maximum absolute atomic E-state index is 11.0. The topological polar surface area (TPSA) is 34.1 Å². The third-order valence-corrected chi connectivity index (χ3v) is 3.91. The van der Waals surface area contributed by atoms with Gasteiger partial charge in [0.15, 0.2) is 9.84 Å². The maximum atomic E-state index is 11.0. The molecular weight excluding hydrogens is 136 g/mol. The van der Waals surface area contributed by atoms with Crippen LogP contribution in [0, 0.1) is 0 Å². The van der Waals surface area contributed by atoms with Gasteiger partial charge < -0.3 is 0 Å². The maximum Gasteiger partial charge on any atom is 0.176 e. The highest BCUT2D eigenvalue weighted by molar-refractivity contribution is 7.95. The van der Waals surface area contributed by atoms with Crippen LogP contribution in [0.1, 0.15) is 20.3 Å². The average molecular weight is 146 g/mol. The molecule has 0 saturated heterocycles. The zero-order chi connectivity index (χ0) is 7.12. The molecule has 3 heteroatoms. The molecule has 0 unspecified atom stereocenters. The highest BCUT2D eigenvalue weighted by Crippen LogP contribution is 2.28. The zero-order valence-electron chi connectivity index (χ0n) is 5.59. The Labute approximate surface area is 55.5 Å². The third-order valence-electron chi connectivity index (χ3n) is 1.66. The van der Waals surface area contributed by atoms with Crippen LogP contribution >= 0.6 is 0 Å². The average Bonchev–Trinajstić information content (AvgIpc) is 1.81. The Morgan fingerprint density at radius 1 is 1.44 bits per heavy atom. The molecule has 52 valence electrons. The molecule has 0 aliphatic carbocycles. The molecule has 0 bridgehead atoms. The van der Waals surface area contributed by atoms with E-state index in [1.165, 1.54) is 5.41 Å². The van der Waals surface area contributed by atoms with Crippen molar-refractivity contribution in [3.8, 4) is 0 Å². The van der Waals surface area contributed by atoms with E-state index in [-0.39, 0.29) is 0 Å². The lowest BCUT2D eigenvalue weighted by molar-refractivity contribution is 0.564. The van der Waals surface area contributed by atoms with Crippen molar-refractivity contribution in [1.82, 2.24) is 0 Å². The van der Waals surface area contributed by atoms with Gasteiger partial charge in [0.2, 0.25) is 0 Å². The first kappa shape index (κ1) is 6.81. The minimum absolute atomic E-state index is 0.549. The number of sulfone groups is 1. The predicted molar refractivity (Wildman–Crippen MR) is 36.8 cm³/mol. The Kier molecular flexibility index (Phi) is 1.21. The summed E-state index contributed by atoms with van der Waals surface area (Å²) >= 11 is 0. The van der Waals surface area contributed by atoms with Crippen molar-refractivity contribution in [1.29, 1.82) is 0 Å². The van der Waals surface area contributed by atoms with E-state index in [1.54, 1.807) is 19.9 Å². The lowest BCUT2D eigenvalue weighted by atomic mass is 10.1. The van der Waals surface area contributed by atoms with Crippen molar-refractivity contribution in [2.24, 2.45) is 0 Å². The monoisotopic (exact) mass is 146 g/mol. The standard InChI is InChI=1S/C6H10O2S/c1-6(2)4-3-5-9(6,7)8/h3,5H,4H2,1-2H3. The summed E-state index contributed by atoms with van der Waals surface area (Å²) in [7, 11) is -2.91. The summed E-state index contributed by atoms with van der Waals surface area (Å²) in [5, 5.41) is 1.30. The highest BCUT2D eigenvalue weighted by Gasteiger charge is 2.34. The van der Waals surface area contributed by atoms with Gasteiger partial charge in [-0.15, -0.1) is 0 Å². The van der Waals surface area contributed by atoms with Gasteiger partial charge in [0.25, 0.3) is 0 Å². The van der Waals surface area contributed by atoms with E-state index >= 15 is 0 Å². The Morgan fingerprint density at radius 3 is 2.11 bits per heavy atom. The van der Waals surface area contributed by atoms with E-state index in [1.807, 2.05) is 0 Å². The van der Waals surface area contributed by atoms with Crippen LogP contribution in [0.3, 0.4) is 0 Å². The predicted octanol–water partition coefficient (Wildman–Crippen LogP) is 1.10. The van der Waals surface area contributed by atoms with Crippen molar-refractivity contribution in [3.05, 3.63) is 11.5 Å². The molecule has 0 radical (unpaired) electrons. The molecule has 0 fully saturated rings. The van der Waals surface area contributed by atoms with Crippen molar-refractivity contribution in [3.63, 3.8) is 0 Å². The van der Waals surface area contributed by atoms with Crippen molar-refractivity contribution in [2.75, 3.05) is 0 Å².